The molecule has 1 fully saturated rings. The third-order valence-electron chi connectivity index (χ3n) is 4.82. The summed E-state index contributed by atoms with van der Waals surface area (Å²) in [5.74, 6) is -0.113. The molecule has 0 aliphatic carbocycles. The van der Waals surface area contributed by atoms with Gasteiger partial charge in [-0.25, -0.2) is 4.39 Å². The Labute approximate surface area is 170 Å². The molecule has 3 heterocycles. The van der Waals surface area contributed by atoms with Gasteiger partial charge in [0.2, 0.25) is 5.91 Å². The maximum Gasteiger partial charge on any atom is 0.264 e. The van der Waals surface area contributed by atoms with Crippen molar-refractivity contribution in [1.29, 1.82) is 0 Å². The van der Waals surface area contributed by atoms with Crippen LogP contribution in [0.1, 0.15) is 22.4 Å². The van der Waals surface area contributed by atoms with Crippen LogP contribution in [0.25, 0.3) is 11.5 Å². The fourth-order valence-electron chi connectivity index (χ4n) is 3.34. The van der Waals surface area contributed by atoms with E-state index in [1.165, 1.54) is 23.5 Å². The van der Waals surface area contributed by atoms with Crippen molar-refractivity contribution in [2.45, 2.75) is 19.4 Å². The third-order valence-corrected chi connectivity index (χ3v) is 5.68. The first-order chi connectivity index (χ1) is 14.0. The zero-order valence-electron chi connectivity index (χ0n) is 15.7. The van der Waals surface area contributed by atoms with Gasteiger partial charge in [0.25, 0.3) is 11.8 Å². The molecule has 9 heteroatoms. The van der Waals surface area contributed by atoms with Gasteiger partial charge >= 0.3 is 0 Å². The molecular formula is C20H19FN4O3S. The first kappa shape index (κ1) is 19.3. The second-order valence-electron chi connectivity index (χ2n) is 6.87. The van der Waals surface area contributed by atoms with E-state index in [2.05, 4.69) is 10.1 Å². The average molecular weight is 414 g/mol. The van der Waals surface area contributed by atoms with E-state index >= 15 is 0 Å². The molecule has 0 bridgehead atoms. The third kappa shape index (κ3) is 4.19. The predicted octanol–water partition coefficient (Wildman–Crippen LogP) is 2.85. The highest BCUT2D eigenvalue weighted by atomic mass is 32.1. The molecule has 2 amide bonds. The van der Waals surface area contributed by atoms with E-state index in [4.69, 9.17) is 4.52 Å². The highest BCUT2D eigenvalue weighted by Crippen LogP contribution is 2.20. The van der Waals surface area contributed by atoms with E-state index in [9.17, 15) is 14.0 Å². The lowest BCUT2D eigenvalue weighted by atomic mass is 10.1. The minimum absolute atomic E-state index is 0.00231. The maximum absolute atomic E-state index is 13.3. The zero-order valence-corrected chi connectivity index (χ0v) is 16.6. The topological polar surface area (TPSA) is 79.5 Å². The predicted molar refractivity (Wildman–Crippen MR) is 105 cm³/mol. The second kappa shape index (κ2) is 8.12. The highest BCUT2D eigenvalue weighted by molar-refractivity contribution is 7.12. The van der Waals surface area contributed by atoms with Gasteiger partial charge < -0.3 is 14.3 Å². The summed E-state index contributed by atoms with van der Waals surface area (Å²) < 4.78 is 18.5. The molecule has 1 aromatic carbocycles. The van der Waals surface area contributed by atoms with Crippen molar-refractivity contribution in [2.24, 2.45) is 0 Å². The molecule has 0 spiro atoms. The van der Waals surface area contributed by atoms with Crippen molar-refractivity contribution in [3.63, 3.8) is 0 Å². The minimum Gasteiger partial charge on any atom is -0.338 e. The molecule has 7 nitrogen and oxygen atoms in total. The second-order valence-corrected chi connectivity index (χ2v) is 7.82. The number of aromatic nitrogens is 2. The zero-order chi connectivity index (χ0) is 20.4. The Kier molecular flexibility index (Phi) is 5.39. The molecule has 1 aliphatic rings. The summed E-state index contributed by atoms with van der Waals surface area (Å²) in [5, 5.41) is 5.71. The van der Waals surface area contributed by atoms with Gasteiger partial charge in [-0.1, -0.05) is 17.3 Å². The summed E-state index contributed by atoms with van der Waals surface area (Å²) in [7, 11) is 0. The Bertz CT molecular complexity index is 1020. The Morgan fingerprint density at radius 1 is 1.28 bits per heavy atom. The molecule has 4 rings (SSSR count). The number of carbonyl (C=O) groups excluding carboxylic acids is 2. The van der Waals surface area contributed by atoms with Crippen molar-refractivity contribution in [3.05, 3.63) is 58.3 Å². The molecule has 3 aromatic rings. The molecule has 0 radical (unpaired) electrons. The summed E-state index contributed by atoms with van der Waals surface area (Å²) in [5.41, 5.74) is 0.463. The molecular weight excluding hydrogens is 395 g/mol. The van der Waals surface area contributed by atoms with Crippen LogP contribution in [0.2, 0.25) is 0 Å². The van der Waals surface area contributed by atoms with Crippen LogP contribution in [0.15, 0.2) is 46.3 Å². The van der Waals surface area contributed by atoms with Crippen molar-refractivity contribution >= 4 is 23.2 Å². The summed E-state index contributed by atoms with van der Waals surface area (Å²) in [6.45, 7) is 3.31. The molecule has 0 saturated carbocycles. The van der Waals surface area contributed by atoms with Crippen LogP contribution in [0.4, 0.5) is 4.39 Å². The van der Waals surface area contributed by atoms with E-state index < -0.39 is 5.82 Å². The van der Waals surface area contributed by atoms with Crippen LogP contribution in [-0.4, -0.2) is 57.4 Å². The number of nitrogens with zero attached hydrogens (tertiary/aromatic N) is 4. The molecule has 1 aliphatic heterocycles. The van der Waals surface area contributed by atoms with Crippen LogP contribution in [0, 0.1) is 5.82 Å². The molecule has 29 heavy (non-hydrogen) atoms. The van der Waals surface area contributed by atoms with Crippen LogP contribution >= 0.6 is 11.3 Å². The number of amides is 2. The Hall–Kier alpha value is -3.07. The number of piperazine rings is 1. The normalized spacial score (nSPS) is 16.8. The van der Waals surface area contributed by atoms with Crippen LogP contribution < -0.4 is 0 Å². The quantitative estimate of drug-likeness (QED) is 0.656. The Morgan fingerprint density at radius 2 is 2.14 bits per heavy atom. The largest absolute Gasteiger partial charge is 0.338 e. The maximum atomic E-state index is 13.3. The van der Waals surface area contributed by atoms with E-state index in [-0.39, 0.29) is 36.0 Å². The first-order valence-corrected chi connectivity index (χ1v) is 10.1. The average Bonchev–Trinajstić information content (AvgIpc) is 3.39. The molecule has 1 atom stereocenters. The van der Waals surface area contributed by atoms with E-state index in [1.54, 1.807) is 21.9 Å². The van der Waals surface area contributed by atoms with Gasteiger partial charge in [0.15, 0.2) is 5.82 Å². The number of hydrogen-bond acceptors (Lipinski definition) is 6. The lowest BCUT2D eigenvalue weighted by Crippen LogP contribution is -2.55. The molecule has 2 aromatic heterocycles. The van der Waals surface area contributed by atoms with Crippen LogP contribution in [-0.2, 0) is 11.2 Å². The number of thiophene rings is 1. The number of hydrogen-bond donors (Lipinski definition) is 0. The van der Waals surface area contributed by atoms with Crippen molar-refractivity contribution in [1.82, 2.24) is 19.9 Å². The summed E-state index contributed by atoms with van der Waals surface area (Å²) in [6.07, 6.45) is -0.00952. The lowest BCUT2D eigenvalue weighted by molar-refractivity contribution is -0.133. The first-order valence-electron chi connectivity index (χ1n) is 9.22. The lowest BCUT2D eigenvalue weighted by Gasteiger charge is -2.39. The van der Waals surface area contributed by atoms with Gasteiger partial charge in [0.05, 0.1) is 11.3 Å². The highest BCUT2D eigenvalue weighted by Gasteiger charge is 2.31. The smallest absolute Gasteiger partial charge is 0.264 e. The molecule has 150 valence electrons. The van der Waals surface area contributed by atoms with Gasteiger partial charge in [0, 0.05) is 31.2 Å². The minimum atomic E-state index is -0.401. The van der Waals surface area contributed by atoms with Gasteiger partial charge in [-0.2, -0.15) is 4.98 Å². The Morgan fingerprint density at radius 3 is 2.86 bits per heavy atom. The summed E-state index contributed by atoms with van der Waals surface area (Å²) in [4.78, 5) is 33.6. The Balaban J connectivity index is 1.37. The fraction of sp³-hybridized carbons (Fsp3) is 0.300. The monoisotopic (exact) mass is 414 g/mol. The van der Waals surface area contributed by atoms with Crippen molar-refractivity contribution in [2.75, 3.05) is 19.6 Å². The number of carbonyl (C=O) groups is 2. The van der Waals surface area contributed by atoms with E-state index in [0.717, 1.165) is 0 Å². The van der Waals surface area contributed by atoms with Crippen LogP contribution in [0.5, 0.6) is 0 Å². The number of rotatable bonds is 4. The van der Waals surface area contributed by atoms with Crippen molar-refractivity contribution < 1.29 is 18.5 Å². The number of halogens is 1. The van der Waals surface area contributed by atoms with Gasteiger partial charge in [-0.15, -0.1) is 11.3 Å². The molecule has 1 saturated heterocycles. The van der Waals surface area contributed by atoms with Crippen molar-refractivity contribution in [3.8, 4) is 11.5 Å². The van der Waals surface area contributed by atoms with Gasteiger partial charge in [0.1, 0.15) is 5.82 Å². The number of benzene rings is 1. The SMILES string of the molecule is C[C@H]1CN(C(=O)Cc2noc(-c3cccc(F)c3)n2)CCN1C(=O)c1cccs1. The van der Waals surface area contributed by atoms with Gasteiger partial charge in [-0.3, -0.25) is 9.59 Å². The summed E-state index contributed by atoms with van der Waals surface area (Å²) >= 11 is 1.41. The molecule has 0 unspecified atom stereocenters. The van der Waals surface area contributed by atoms with Gasteiger partial charge in [-0.05, 0) is 36.6 Å². The van der Waals surface area contributed by atoms with E-state index in [0.29, 0.717) is 30.1 Å². The fourth-order valence-corrected chi connectivity index (χ4v) is 4.02. The van der Waals surface area contributed by atoms with E-state index in [1.807, 2.05) is 24.4 Å². The van der Waals surface area contributed by atoms with Crippen LogP contribution in [0.3, 0.4) is 0 Å². The molecule has 0 N–H and O–H groups in total. The standard InChI is InChI=1S/C20H19FN4O3S/c1-13-12-24(7-8-25(13)20(27)16-6-3-9-29-16)18(26)11-17-22-19(28-23-17)14-4-2-5-15(21)10-14/h2-6,9-10,13H,7-8,11-12H2,1H3/t13-/m0/s1. The summed E-state index contributed by atoms with van der Waals surface area (Å²) in [6, 6.07) is 9.41.